The molecule has 0 amide bonds. The molecular weight excluding hydrogens is 224 g/mol. The van der Waals surface area contributed by atoms with Crippen LogP contribution in [0.2, 0.25) is 0 Å². The number of halogens is 2. The van der Waals surface area contributed by atoms with Crippen molar-refractivity contribution in [3.63, 3.8) is 0 Å². The monoisotopic (exact) mass is 243 g/mol. The molecule has 1 saturated heterocycles. The Labute approximate surface area is 100.0 Å². The standard InChI is InChI=1S/C12H19F2N3/c13-8-3-4-9(14)12-10(8)11(16-17-12)7-2-1-5-15-6-7/h2,8-12,15-17H,1,3-6H2. The van der Waals surface area contributed by atoms with Crippen molar-refractivity contribution in [2.24, 2.45) is 5.92 Å². The van der Waals surface area contributed by atoms with E-state index in [9.17, 15) is 8.78 Å². The van der Waals surface area contributed by atoms with Crippen LogP contribution in [0.4, 0.5) is 8.78 Å². The van der Waals surface area contributed by atoms with Crippen molar-refractivity contribution in [3.05, 3.63) is 11.6 Å². The number of fused-ring (bicyclic) bond motifs is 1. The van der Waals surface area contributed by atoms with Gasteiger partial charge in [-0.2, -0.15) is 0 Å². The Kier molecular flexibility index (Phi) is 3.15. The second-order valence-electron chi connectivity index (χ2n) is 5.22. The average Bonchev–Trinajstić information content (AvgIpc) is 2.81. The number of alkyl halides is 2. The summed E-state index contributed by atoms with van der Waals surface area (Å²) in [7, 11) is 0. The number of hydrogen-bond donors (Lipinski definition) is 3. The van der Waals surface area contributed by atoms with Crippen LogP contribution < -0.4 is 16.2 Å². The van der Waals surface area contributed by atoms with Gasteiger partial charge < -0.3 is 5.32 Å². The smallest absolute Gasteiger partial charge is 0.117 e. The number of rotatable bonds is 1. The molecule has 96 valence electrons. The fourth-order valence-corrected chi connectivity index (χ4v) is 3.28. The SMILES string of the molecule is FC1CCC(F)C2C(C3=CCCNC3)NNC12. The van der Waals surface area contributed by atoms with E-state index in [0.717, 1.165) is 19.5 Å². The lowest BCUT2D eigenvalue weighted by molar-refractivity contribution is 0.0843. The zero-order chi connectivity index (χ0) is 11.8. The highest BCUT2D eigenvalue weighted by atomic mass is 19.1. The van der Waals surface area contributed by atoms with Gasteiger partial charge in [-0.1, -0.05) is 6.08 Å². The molecule has 0 aromatic heterocycles. The predicted molar refractivity (Wildman–Crippen MR) is 61.9 cm³/mol. The summed E-state index contributed by atoms with van der Waals surface area (Å²) in [5.41, 5.74) is 7.22. The van der Waals surface area contributed by atoms with Gasteiger partial charge in [0.1, 0.15) is 12.3 Å². The molecule has 5 unspecified atom stereocenters. The van der Waals surface area contributed by atoms with Crippen LogP contribution in [0.1, 0.15) is 19.3 Å². The molecule has 3 rings (SSSR count). The van der Waals surface area contributed by atoms with Gasteiger partial charge in [-0.15, -0.1) is 0 Å². The van der Waals surface area contributed by atoms with Crippen molar-refractivity contribution in [1.29, 1.82) is 0 Å². The maximum atomic E-state index is 14.0. The van der Waals surface area contributed by atoms with Crippen LogP contribution in [0.5, 0.6) is 0 Å². The fourth-order valence-electron chi connectivity index (χ4n) is 3.28. The highest BCUT2D eigenvalue weighted by Crippen LogP contribution is 2.36. The molecule has 3 aliphatic rings. The molecule has 5 atom stereocenters. The molecule has 0 spiro atoms. The van der Waals surface area contributed by atoms with E-state index in [1.807, 2.05) is 0 Å². The Morgan fingerprint density at radius 3 is 2.71 bits per heavy atom. The summed E-state index contributed by atoms with van der Waals surface area (Å²) in [5.74, 6) is -0.259. The van der Waals surface area contributed by atoms with Gasteiger partial charge >= 0.3 is 0 Å². The minimum absolute atomic E-state index is 0.0543. The molecule has 1 aliphatic carbocycles. The van der Waals surface area contributed by atoms with Crippen LogP contribution in [0.3, 0.4) is 0 Å². The molecule has 2 heterocycles. The van der Waals surface area contributed by atoms with E-state index in [2.05, 4.69) is 22.2 Å². The maximum Gasteiger partial charge on any atom is 0.117 e. The Bertz CT molecular complexity index is 321. The molecule has 3 N–H and O–H groups in total. The topological polar surface area (TPSA) is 36.1 Å². The van der Waals surface area contributed by atoms with Crippen LogP contribution >= 0.6 is 0 Å². The highest BCUT2D eigenvalue weighted by Gasteiger charge is 2.49. The summed E-state index contributed by atoms with van der Waals surface area (Å²) in [6, 6.07) is -0.423. The van der Waals surface area contributed by atoms with Gasteiger partial charge in [0.25, 0.3) is 0 Å². The predicted octanol–water partition coefficient (Wildman–Crippen LogP) is 0.837. The van der Waals surface area contributed by atoms with Gasteiger partial charge in [0.15, 0.2) is 0 Å². The summed E-state index contributed by atoms with van der Waals surface area (Å²) in [4.78, 5) is 0. The fraction of sp³-hybridized carbons (Fsp3) is 0.833. The summed E-state index contributed by atoms with van der Waals surface area (Å²) >= 11 is 0. The Morgan fingerprint density at radius 1 is 1.12 bits per heavy atom. The molecule has 0 aromatic rings. The zero-order valence-corrected chi connectivity index (χ0v) is 9.76. The van der Waals surface area contributed by atoms with Gasteiger partial charge in [0.05, 0.1) is 12.1 Å². The van der Waals surface area contributed by atoms with Crippen LogP contribution in [-0.2, 0) is 0 Å². The normalized spacial score (nSPS) is 46.5. The quantitative estimate of drug-likeness (QED) is 0.597. The van der Waals surface area contributed by atoms with Gasteiger partial charge in [0.2, 0.25) is 0 Å². The summed E-state index contributed by atoms with van der Waals surface area (Å²) in [5, 5.41) is 3.28. The van der Waals surface area contributed by atoms with Crippen molar-refractivity contribution in [3.8, 4) is 0 Å². The highest BCUT2D eigenvalue weighted by molar-refractivity contribution is 5.21. The first-order valence-electron chi connectivity index (χ1n) is 6.46. The summed E-state index contributed by atoms with van der Waals surface area (Å²) < 4.78 is 27.8. The van der Waals surface area contributed by atoms with E-state index in [1.165, 1.54) is 5.57 Å². The third-order valence-corrected chi connectivity index (χ3v) is 4.19. The van der Waals surface area contributed by atoms with E-state index >= 15 is 0 Å². The van der Waals surface area contributed by atoms with Crippen molar-refractivity contribution in [2.75, 3.05) is 13.1 Å². The second kappa shape index (κ2) is 4.63. The minimum Gasteiger partial charge on any atom is -0.313 e. The Hall–Kier alpha value is -0.520. The molecule has 0 bridgehead atoms. The lowest BCUT2D eigenvalue weighted by atomic mass is 9.76. The number of nitrogens with one attached hydrogen (secondary N) is 3. The number of hydrazine groups is 1. The molecular formula is C12H19F2N3. The van der Waals surface area contributed by atoms with Gasteiger partial charge in [-0.3, -0.25) is 5.43 Å². The molecule has 2 fully saturated rings. The maximum absolute atomic E-state index is 14.0. The molecule has 3 nitrogen and oxygen atoms in total. The van der Waals surface area contributed by atoms with E-state index in [0.29, 0.717) is 12.8 Å². The van der Waals surface area contributed by atoms with Crippen molar-refractivity contribution < 1.29 is 8.78 Å². The van der Waals surface area contributed by atoms with Crippen molar-refractivity contribution in [2.45, 2.75) is 43.7 Å². The third-order valence-electron chi connectivity index (χ3n) is 4.19. The first kappa shape index (κ1) is 11.6. The first-order valence-corrected chi connectivity index (χ1v) is 6.46. The Morgan fingerprint density at radius 2 is 1.94 bits per heavy atom. The van der Waals surface area contributed by atoms with E-state index < -0.39 is 12.3 Å². The molecule has 5 heteroatoms. The minimum atomic E-state index is -0.929. The zero-order valence-electron chi connectivity index (χ0n) is 9.76. The molecule has 0 aromatic carbocycles. The van der Waals surface area contributed by atoms with Gasteiger partial charge in [-0.25, -0.2) is 14.2 Å². The van der Waals surface area contributed by atoms with Crippen molar-refractivity contribution >= 4 is 0 Å². The summed E-state index contributed by atoms with van der Waals surface area (Å²) in [6.07, 6.45) is 1.99. The second-order valence-corrected chi connectivity index (χ2v) is 5.22. The van der Waals surface area contributed by atoms with E-state index in [4.69, 9.17) is 0 Å². The molecule has 0 radical (unpaired) electrons. The van der Waals surface area contributed by atoms with Crippen LogP contribution in [-0.4, -0.2) is 37.5 Å². The molecule has 2 aliphatic heterocycles. The van der Waals surface area contributed by atoms with Crippen molar-refractivity contribution in [1.82, 2.24) is 16.2 Å². The molecule has 1 saturated carbocycles. The third kappa shape index (κ3) is 2.00. The van der Waals surface area contributed by atoms with Crippen LogP contribution in [0, 0.1) is 5.92 Å². The number of hydrogen-bond acceptors (Lipinski definition) is 3. The van der Waals surface area contributed by atoms with E-state index in [-0.39, 0.29) is 18.0 Å². The Balaban J connectivity index is 1.80. The van der Waals surface area contributed by atoms with E-state index in [1.54, 1.807) is 0 Å². The van der Waals surface area contributed by atoms with Gasteiger partial charge in [0, 0.05) is 12.5 Å². The lowest BCUT2D eigenvalue weighted by Crippen LogP contribution is -2.47. The first-order chi connectivity index (χ1) is 8.27. The largest absolute Gasteiger partial charge is 0.313 e. The summed E-state index contributed by atoms with van der Waals surface area (Å²) in [6.45, 7) is 1.76. The van der Waals surface area contributed by atoms with Crippen LogP contribution in [0.25, 0.3) is 0 Å². The molecule has 17 heavy (non-hydrogen) atoms. The lowest BCUT2D eigenvalue weighted by Gasteiger charge is -2.34. The van der Waals surface area contributed by atoms with Gasteiger partial charge in [-0.05, 0) is 31.4 Å². The van der Waals surface area contributed by atoms with Crippen LogP contribution in [0.15, 0.2) is 11.6 Å². The average molecular weight is 243 g/mol.